The highest BCUT2D eigenvalue weighted by molar-refractivity contribution is 14.1. The van der Waals surface area contributed by atoms with Crippen LogP contribution in [0.15, 0.2) is 42.5 Å². The lowest BCUT2D eigenvalue weighted by Gasteiger charge is -2.07. The number of para-hydroxylation sites is 1. The summed E-state index contributed by atoms with van der Waals surface area (Å²) in [5, 5.41) is 0.978. The molecule has 3 aromatic rings. The van der Waals surface area contributed by atoms with E-state index in [1.165, 1.54) is 11.6 Å². The standard InChI is InChI=1S/C18H18FIN2/c19-15-9-5-8-13-12(6-3-4-11-21)17(22-18(13)15)14-7-1-2-10-16(14)20/h1-2,5,7-10,22H,3-4,6,11,21H2. The Morgan fingerprint density at radius 1 is 1.05 bits per heavy atom. The van der Waals surface area contributed by atoms with E-state index in [2.05, 4.69) is 39.7 Å². The second-order valence-corrected chi connectivity index (χ2v) is 6.53. The molecule has 3 rings (SSSR count). The summed E-state index contributed by atoms with van der Waals surface area (Å²) in [4.78, 5) is 3.31. The molecule has 0 saturated carbocycles. The van der Waals surface area contributed by atoms with Gasteiger partial charge in [0.15, 0.2) is 0 Å². The molecule has 0 aliphatic rings. The molecule has 2 aromatic carbocycles. The summed E-state index contributed by atoms with van der Waals surface area (Å²) < 4.78 is 15.3. The lowest BCUT2D eigenvalue weighted by molar-refractivity contribution is 0.637. The summed E-state index contributed by atoms with van der Waals surface area (Å²) >= 11 is 2.33. The number of unbranched alkanes of at least 4 members (excludes halogenated alkanes) is 1. The Balaban J connectivity index is 2.17. The maximum Gasteiger partial charge on any atom is 0.147 e. The molecule has 0 unspecified atom stereocenters. The highest BCUT2D eigenvalue weighted by Crippen LogP contribution is 2.34. The number of aromatic amines is 1. The minimum absolute atomic E-state index is 0.199. The molecule has 114 valence electrons. The van der Waals surface area contributed by atoms with Gasteiger partial charge >= 0.3 is 0 Å². The van der Waals surface area contributed by atoms with Crippen LogP contribution in [0, 0.1) is 9.39 Å². The predicted molar refractivity (Wildman–Crippen MR) is 98.4 cm³/mol. The zero-order valence-electron chi connectivity index (χ0n) is 12.2. The highest BCUT2D eigenvalue weighted by atomic mass is 127. The number of benzene rings is 2. The highest BCUT2D eigenvalue weighted by Gasteiger charge is 2.16. The van der Waals surface area contributed by atoms with Crippen molar-refractivity contribution in [2.75, 3.05) is 6.54 Å². The van der Waals surface area contributed by atoms with Crippen molar-refractivity contribution >= 4 is 33.5 Å². The minimum atomic E-state index is -0.199. The molecule has 0 spiro atoms. The average molecular weight is 408 g/mol. The zero-order chi connectivity index (χ0) is 15.5. The number of halogens is 2. The molecule has 0 radical (unpaired) electrons. The Morgan fingerprint density at radius 3 is 2.64 bits per heavy atom. The lowest BCUT2D eigenvalue weighted by atomic mass is 10.0. The fraction of sp³-hybridized carbons (Fsp3) is 0.222. The van der Waals surface area contributed by atoms with Gasteiger partial charge in [-0.05, 0) is 66.1 Å². The number of fused-ring (bicyclic) bond motifs is 1. The van der Waals surface area contributed by atoms with Crippen LogP contribution in [0.25, 0.3) is 22.2 Å². The number of aromatic nitrogens is 1. The van der Waals surface area contributed by atoms with E-state index in [1.807, 2.05) is 18.2 Å². The van der Waals surface area contributed by atoms with Crippen LogP contribution in [0.2, 0.25) is 0 Å². The topological polar surface area (TPSA) is 41.8 Å². The first-order chi connectivity index (χ1) is 10.7. The molecule has 1 heterocycles. The predicted octanol–water partition coefficient (Wildman–Crippen LogP) is 4.86. The van der Waals surface area contributed by atoms with Gasteiger partial charge in [0.1, 0.15) is 5.82 Å². The number of H-pyrrole nitrogens is 1. The van der Waals surface area contributed by atoms with Gasteiger partial charge in [0.25, 0.3) is 0 Å². The summed E-state index contributed by atoms with van der Waals surface area (Å²) in [5.41, 5.74) is 9.55. The number of rotatable bonds is 5. The molecule has 0 fully saturated rings. The lowest BCUT2D eigenvalue weighted by Crippen LogP contribution is -1.99. The van der Waals surface area contributed by atoms with E-state index >= 15 is 0 Å². The monoisotopic (exact) mass is 408 g/mol. The third-order valence-corrected chi connectivity index (χ3v) is 4.86. The Kier molecular flexibility index (Phi) is 4.78. The van der Waals surface area contributed by atoms with Gasteiger partial charge in [-0.1, -0.05) is 30.3 Å². The van der Waals surface area contributed by atoms with Gasteiger partial charge in [-0.2, -0.15) is 0 Å². The van der Waals surface area contributed by atoms with Gasteiger partial charge < -0.3 is 10.7 Å². The minimum Gasteiger partial charge on any atom is -0.352 e. The molecule has 0 atom stereocenters. The third kappa shape index (κ3) is 2.90. The van der Waals surface area contributed by atoms with Crippen LogP contribution in [0.4, 0.5) is 4.39 Å². The maximum atomic E-state index is 14.1. The molecule has 3 N–H and O–H groups in total. The van der Waals surface area contributed by atoms with Gasteiger partial charge in [0.2, 0.25) is 0 Å². The molecular formula is C18H18FIN2. The van der Waals surface area contributed by atoms with Crippen molar-refractivity contribution in [1.29, 1.82) is 0 Å². The second kappa shape index (κ2) is 6.79. The van der Waals surface area contributed by atoms with Crippen LogP contribution in [0.1, 0.15) is 18.4 Å². The number of nitrogens with one attached hydrogen (secondary N) is 1. The van der Waals surface area contributed by atoms with E-state index in [1.54, 1.807) is 6.07 Å². The zero-order valence-corrected chi connectivity index (χ0v) is 14.4. The van der Waals surface area contributed by atoms with Crippen molar-refractivity contribution in [2.24, 2.45) is 5.73 Å². The van der Waals surface area contributed by atoms with E-state index in [9.17, 15) is 4.39 Å². The van der Waals surface area contributed by atoms with Gasteiger partial charge in [0.05, 0.1) is 11.2 Å². The summed E-state index contributed by atoms with van der Waals surface area (Å²) in [6, 6.07) is 13.5. The summed E-state index contributed by atoms with van der Waals surface area (Å²) in [7, 11) is 0. The number of hydrogen-bond donors (Lipinski definition) is 2. The van der Waals surface area contributed by atoms with Gasteiger partial charge in [0, 0.05) is 14.5 Å². The normalized spacial score (nSPS) is 11.2. The molecular weight excluding hydrogens is 390 g/mol. The molecule has 1 aromatic heterocycles. The molecule has 0 bridgehead atoms. The largest absolute Gasteiger partial charge is 0.352 e. The Morgan fingerprint density at radius 2 is 1.86 bits per heavy atom. The summed E-state index contributed by atoms with van der Waals surface area (Å²) in [5.74, 6) is -0.199. The number of nitrogens with two attached hydrogens (primary N) is 1. The number of aryl methyl sites for hydroxylation is 1. The van der Waals surface area contributed by atoms with Crippen LogP contribution >= 0.6 is 22.6 Å². The Hall–Kier alpha value is -1.40. The van der Waals surface area contributed by atoms with Crippen LogP contribution < -0.4 is 5.73 Å². The SMILES string of the molecule is NCCCCc1c(-c2ccccc2I)[nH]c2c(F)cccc12. The van der Waals surface area contributed by atoms with Crippen molar-refractivity contribution in [3.63, 3.8) is 0 Å². The van der Waals surface area contributed by atoms with E-state index in [0.29, 0.717) is 12.1 Å². The fourth-order valence-corrected chi connectivity index (χ4v) is 3.49. The summed E-state index contributed by atoms with van der Waals surface area (Å²) in [6.45, 7) is 0.689. The first-order valence-corrected chi connectivity index (χ1v) is 8.54. The number of hydrogen-bond acceptors (Lipinski definition) is 1. The second-order valence-electron chi connectivity index (χ2n) is 5.37. The molecule has 0 amide bonds. The van der Waals surface area contributed by atoms with Crippen molar-refractivity contribution < 1.29 is 4.39 Å². The van der Waals surface area contributed by atoms with Crippen molar-refractivity contribution in [2.45, 2.75) is 19.3 Å². The third-order valence-electron chi connectivity index (χ3n) is 3.91. The average Bonchev–Trinajstić information content (AvgIpc) is 2.88. The van der Waals surface area contributed by atoms with Crippen LogP contribution in [0.3, 0.4) is 0 Å². The molecule has 4 heteroatoms. The Labute approximate surface area is 143 Å². The molecule has 0 saturated heterocycles. The van der Waals surface area contributed by atoms with Crippen molar-refractivity contribution in [3.8, 4) is 11.3 Å². The smallest absolute Gasteiger partial charge is 0.147 e. The van der Waals surface area contributed by atoms with Crippen molar-refractivity contribution in [1.82, 2.24) is 4.98 Å². The van der Waals surface area contributed by atoms with Crippen LogP contribution in [-0.4, -0.2) is 11.5 Å². The molecule has 2 nitrogen and oxygen atoms in total. The molecule has 0 aliphatic carbocycles. The van der Waals surface area contributed by atoms with E-state index in [-0.39, 0.29) is 5.82 Å². The van der Waals surface area contributed by atoms with Crippen LogP contribution in [-0.2, 0) is 6.42 Å². The maximum absolute atomic E-state index is 14.1. The van der Waals surface area contributed by atoms with Gasteiger partial charge in [-0.3, -0.25) is 0 Å². The Bertz CT molecular complexity index is 795. The summed E-state index contributed by atoms with van der Waals surface area (Å²) in [6.07, 6.45) is 2.89. The van der Waals surface area contributed by atoms with E-state index in [0.717, 1.165) is 39.5 Å². The molecule has 22 heavy (non-hydrogen) atoms. The van der Waals surface area contributed by atoms with Crippen LogP contribution in [0.5, 0.6) is 0 Å². The van der Waals surface area contributed by atoms with Gasteiger partial charge in [-0.15, -0.1) is 0 Å². The fourth-order valence-electron chi connectivity index (χ4n) is 2.84. The quantitative estimate of drug-likeness (QED) is 0.460. The first-order valence-electron chi connectivity index (χ1n) is 7.46. The van der Waals surface area contributed by atoms with E-state index < -0.39 is 0 Å². The van der Waals surface area contributed by atoms with Gasteiger partial charge in [-0.25, -0.2) is 4.39 Å². The first kappa shape index (κ1) is 15.5. The van der Waals surface area contributed by atoms with Crippen molar-refractivity contribution in [3.05, 3.63) is 57.4 Å². The molecule has 0 aliphatic heterocycles. The van der Waals surface area contributed by atoms with E-state index in [4.69, 9.17) is 5.73 Å².